The lowest BCUT2D eigenvalue weighted by Gasteiger charge is -2.38. The van der Waals surface area contributed by atoms with E-state index >= 15 is 0 Å². The molecule has 1 unspecified atom stereocenters. The molecule has 0 aliphatic heterocycles. The zero-order chi connectivity index (χ0) is 18.3. The monoisotopic (exact) mass is 350 g/mol. The van der Waals surface area contributed by atoms with E-state index in [4.69, 9.17) is 19.9 Å². The summed E-state index contributed by atoms with van der Waals surface area (Å²) in [5.74, 6) is 1.25. The summed E-state index contributed by atoms with van der Waals surface area (Å²) in [5.41, 5.74) is 6.91. The Bertz CT molecular complexity index is 571. The van der Waals surface area contributed by atoms with E-state index in [1.165, 1.54) is 12.0 Å². The van der Waals surface area contributed by atoms with Gasteiger partial charge in [-0.3, -0.25) is 4.79 Å². The Morgan fingerprint density at radius 1 is 1.16 bits per heavy atom. The third-order valence-corrected chi connectivity index (χ3v) is 5.09. The van der Waals surface area contributed by atoms with Crippen LogP contribution in [0, 0.1) is 0 Å². The van der Waals surface area contributed by atoms with Gasteiger partial charge < -0.3 is 25.3 Å². The molecule has 1 amide bonds. The maximum absolute atomic E-state index is 12.2. The average Bonchev–Trinajstić information content (AvgIpc) is 2.66. The first-order valence-corrected chi connectivity index (χ1v) is 8.81. The van der Waals surface area contributed by atoms with Gasteiger partial charge in [0.15, 0.2) is 11.5 Å². The molecule has 0 spiro atoms. The molecule has 6 heteroatoms. The van der Waals surface area contributed by atoms with Crippen molar-refractivity contribution in [3.63, 3.8) is 0 Å². The van der Waals surface area contributed by atoms with E-state index < -0.39 is 6.04 Å². The smallest absolute Gasteiger partial charge is 0.239 e. The quantitative estimate of drug-likeness (QED) is 0.749. The SMILES string of the molecule is COCC(N)C(=O)NCC1(c2ccc(OC)c(OC)c2)CCCCC1. The summed E-state index contributed by atoms with van der Waals surface area (Å²) in [6.07, 6.45) is 5.58. The summed E-state index contributed by atoms with van der Waals surface area (Å²) in [5, 5.41) is 3.03. The van der Waals surface area contributed by atoms with Crippen molar-refractivity contribution in [3.8, 4) is 11.5 Å². The molecule has 1 atom stereocenters. The highest BCUT2D eigenvalue weighted by Crippen LogP contribution is 2.42. The Balaban J connectivity index is 2.21. The van der Waals surface area contributed by atoms with Crippen molar-refractivity contribution in [3.05, 3.63) is 23.8 Å². The third kappa shape index (κ3) is 4.64. The van der Waals surface area contributed by atoms with Crippen molar-refractivity contribution in [2.45, 2.75) is 43.6 Å². The van der Waals surface area contributed by atoms with Crippen LogP contribution in [0.2, 0.25) is 0 Å². The van der Waals surface area contributed by atoms with E-state index in [1.54, 1.807) is 21.3 Å². The summed E-state index contributed by atoms with van der Waals surface area (Å²) in [6.45, 7) is 0.786. The molecule has 0 bridgehead atoms. The zero-order valence-corrected chi connectivity index (χ0v) is 15.5. The van der Waals surface area contributed by atoms with Crippen LogP contribution in [0.1, 0.15) is 37.7 Å². The summed E-state index contributed by atoms with van der Waals surface area (Å²) < 4.78 is 15.8. The molecule has 0 aromatic heterocycles. The summed E-state index contributed by atoms with van der Waals surface area (Å²) in [6, 6.07) is 5.40. The van der Waals surface area contributed by atoms with Crippen LogP contribution >= 0.6 is 0 Å². The Labute approximate surface area is 150 Å². The molecule has 3 N–H and O–H groups in total. The van der Waals surface area contributed by atoms with Gasteiger partial charge in [0.2, 0.25) is 5.91 Å². The predicted molar refractivity (Wildman–Crippen MR) is 97.2 cm³/mol. The van der Waals surface area contributed by atoms with Gasteiger partial charge in [0.1, 0.15) is 6.04 Å². The first-order chi connectivity index (χ1) is 12.1. The normalized spacial score (nSPS) is 17.6. The van der Waals surface area contributed by atoms with Crippen LogP contribution in [0.4, 0.5) is 0 Å². The molecular weight excluding hydrogens is 320 g/mol. The van der Waals surface area contributed by atoms with Crippen molar-refractivity contribution in [2.75, 3.05) is 34.5 Å². The number of ether oxygens (including phenoxy) is 3. The maximum Gasteiger partial charge on any atom is 0.239 e. The van der Waals surface area contributed by atoms with Gasteiger partial charge >= 0.3 is 0 Å². The average molecular weight is 350 g/mol. The van der Waals surface area contributed by atoms with Crippen LogP contribution in [0.25, 0.3) is 0 Å². The summed E-state index contributed by atoms with van der Waals surface area (Å²) in [7, 11) is 4.81. The number of amides is 1. The van der Waals surface area contributed by atoms with Crippen molar-refractivity contribution >= 4 is 5.91 Å². The van der Waals surface area contributed by atoms with E-state index in [1.807, 2.05) is 12.1 Å². The van der Waals surface area contributed by atoms with E-state index in [0.29, 0.717) is 18.0 Å². The molecule has 1 aliphatic rings. The first-order valence-electron chi connectivity index (χ1n) is 8.81. The van der Waals surface area contributed by atoms with Crippen LogP contribution in [0.15, 0.2) is 18.2 Å². The largest absolute Gasteiger partial charge is 0.493 e. The standard InChI is InChI=1S/C19H30N2O4/c1-23-12-15(20)18(22)21-13-19(9-5-4-6-10-19)14-7-8-16(24-2)17(11-14)25-3/h7-8,11,15H,4-6,9-10,12-13,20H2,1-3H3,(H,21,22). The Morgan fingerprint density at radius 2 is 1.84 bits per heavy atom. The lowest BCUT2D eigenvalue weighted by Crippen LogP contribution is -2.49. The van der Waals surface area contributed by atoms with Gasteiger partial charge in [0.25, 0.3) is 0 Å². The van der Waals surface area contributed by atoms with Crippen LogP contribution in [-0.4, -0.2) is 46.4 Å². The van der Waals surface area contributed by atoms with Crippen LogP contribution in [0.5, 0.6) is 11.5 Å². The van der Waals surface area contributed by atoms with Crippen LogP contribution in [-0.2, 0) is 14.9 Å². The summed E-state index contributed by atoms with van der Waals surface area (Å²) >= 11 is 0. The topological polar surface area (TPSA) is 82.8 Å². The summed E-state index contributed by atoms with van der Waals surface area (Å²) in [4.78, 5) is 12.2. The number of rotatable bonds is 8. The fourth-order valence-corrected chi connectivity index (χ4v) is 3.60. The van der Waals surface area contributed by atoms with Gasteiger partial charge in [0.05, 0.1) is 20.8 Å². The molecule has 2 rings (SSSR count). The highest BCUT2D eigenvalue weighted by atomic mass is 16.5. The predicted octanol–water partition coefficient (Wildman–Crippen LogP) is 2.00. The van der Waals surface area contributed by atoms with Gasteiger partial charge in [0, 0.05) is 19.1 Å². The van der Waals surface area contributed by atoms with E-state index in [2.05, 4.69) is 11.4 Å². The maximum atomic E-state index is 12.2. The van der Waals surface area contributed by atoms with Crippen molar-refractivity contribution in [1.29, 1.82) is 0 Å². The lowest BCUT2D eigenvalue weighted by molar-refractivity contribution is -0.123. The van der Waals surface area contributed by atoms with E-state index in [9.17, 15) is 4.79 Å². The van der Waals surface area contributed by atoms with Crippen LogP contribution in [0.3, 0.4) is 0 Å². The lowest BCUT2D eigenvalue weighted by atomic mass is 9.69. The Hall–Kier alpha value is -1.79. The van der Waals surface area contributed by atoms with Gasteiger partial charge in [-0.1, -0.05) is 25.3 Å². The minimum Gasteiger partial charge on any atom is -0.493 e. The highest BCUT2D eigenvalue weighted by molar-refractivity contribution is 5.81. The van der Waals surface area contributed by atoms with Gasteiger partial charge in [-0.15, -0.1) is 0 Å². The number of hydrogen-bond acceptors (Lipinski definition) is 5. The van der Waals surface area contributed by atoms with Crippen molar-refractivity contribution in [2.24, 2.45) is 5.73 Å². The van der Waals surface area contributed by atoms with E-state index in [-0.39, 0.29) is 17.9 Å². The molecule has 1 fully saturated rings. The molecule has 1 aromatic rings. The molecule has 0 saturated heterocycles. The Morgan fingerprint density at radius 3 is 2.44 bits per heavy atom. The third-order valence-electron chi connectivity index (χ3n) is 5.09. The number of benzene rings is 1. The first kappa shape index (κ1) is 19.5. The molecule has 0 heterocycles. The second kappa shape index (κ2) is 9.06. The highest BCUT2D eigenvalue weighted by Gasteiger charge is 2.35. The molecule has 25 heavy (non-hydrogen) atoms. The second-order valence-electron chi connectivity index (χ2n) is 6.69. The van der Waals surface area contributed by atoms with Gasteiger partial charge in [-0.25, -0.2) is 0 Å². The second-order valence-corrected chi connectivity index (χ2v) is 6.69. The fourth-order valence-electron chi connectivity index (χ4n) is 3.60. The number of methoxy groups -OCH3 is 3. The minimum atomic E-state index is -0.643. The molecule has 1 saturated carbocycles. The molecule has 6 nitrogen and oxygen atoms in total. The van der Waals surface area contributed by atoms with Gasteiger partial charge in [-0.05, 0) is 30.5 Å². The number of nitrogens with one attached hydrogen (secondary N) is 1. The molecule has 1 aromatic carbocycles. The minimum absolute atomic E-state index is 0.0970. The number of hydrogen-bond donors (Lipinski definition) is 2. The number of nitrogens with two attached hydrogens (primary N) is 1. The van der Waals surface area contributed by atoms with Crippen molar-refractivity contribution < 1.29 is 19.0 Å². The van der Waals surface area contributed by atoms with E-state index in [0.717, 1.165) is 25.7 Å². The number of carbonyl (C=O) groups excluding carboxylic acids is 1. The van der Waals surface area contributed by atoms with Gasteiger partial charge in [-0.2, -0.15) is 0 Å². The Kier molecular flexibility index (Phi) is 7.08. The zero-order valence-electron chi connectivity index (χ0n) is 15.5. The molecule has 0 radical (unpaired) electrons. The fraction of sp³-hybridized carbons (Fsp3) is 0.632. The molecular formula is C19H30N2O4. The van der Waals surface area contributed by atoms with Crippen LogP contribution < -0.4 is 20.5 Å². The number of carbonyl (C=O) groups is 1. The molecule has 1 aliphatic carbocycles. The van der Waals surface area contributed by atoms with Crippen molar-refractivity contribution in [1.82, 2.24) is 5.32 Å². The molecule has 140 valence electrons.